The third kappa shape index (κ3) is 3.04. The van der Waals surface area contributed by atoms with Crippen LogP contribution in [0, 0.1) is 12.3 Å². The third-order valence-corrected chi connectivity index (χ3v) is 2.90. The summed E-state index contributed by atoms with van der Waals surface area (Å²) in [7, 11) is 3.23. The number of para-hydroxylation sites is 1. The van der Waals surface area contributed by atoms with Crippen LogP contribution in [0.5, 0.6) is 17.2 Å². The van der Waals surface area contributed by atoms with E-state index in [1.165, 1.54) is 0 Å². The molecule has 0 aliphatic rings. The molecule has 0 spiro atoms. The van der Waals surface area contributed by atoms with E-state index in [9.17, 15) is 0 Å². The fourth-order valence-electron chi connectivity index (χ4n) is 1.82. The first-order chi connectivity index (χ1) is 9.78. The largest absolute Gasteiger partial charge is 0.497 e. The molecule has 0 unspecified atom stereocenters. The molecule has 0 saturated heterocycles. The van der Waals surface area contributed by atoms with Gasteiger partial charge in [-0.25, -0.2) is 0 Å². The molecular formula is C17H16O3. The van der Waals surface area contributed by atoms with Gasteiger partial charge in [-0.1, -0.05) is 24.1 Å². The lowest BCUT2D eigenvalue weighted by atomic mass is 10.2. The summed E-state index contributed by atoms with van der Waals surface area (Å²) in [6, 6.07) is 13.2. The topological polar surface area (TPSA) is 27.7 Å². The summed E-state index contributed by atoms with van der Waals surface area (Å²) in [5.41, 5.74) is 1.71. The number of hydrogen-bond donors (Lipinski definition) is 0. The van der Waals surface area contributed by atoms with Crippen LogP contribution in [0.15, 0.2) is 42.5 Å². The quantitative estimate of drug-likeness (QED) is 0.779. The second-order valence-electron chi connectivity index (χ2n) is 4.12. The Labute approximate surface area is 119 Å². The second-order valence-corrected chi connectivity index (χ2v) is 4.12. The van der Waals surface area contributed by atoms with Crippen LogP contribution in [0.25, 0.3) is 0 Å². The van der Waals surface area contributed by atoms with E-state index in [0.717, 1.165) is 11.3 Å². The maximum atomic E-state index is 5.80. The highest BCUT2D eigenvalue weighted by Crippen LogP contribution is 2.31. The summed E-state index contributed by atoms with van der Waals surface area (Å²) < 4.78 is 16.2. The van der Waals surface area contributed by atoms with Crippen molar-refractivity contribution in [1.29, 1.82) is 0 Å². The lowest BCUT2D eigenvalue weighted by molar-refractivity contribution is 0.283. The molecule has 0 bridgehead atoms. The van der Waals surface area contributed by atoms with Gasteiger partial charge in [-0.15, -0.1) is 6.42 Å². The van der Waals surface area contributed by atoms with Gasteiger partial charge in [0.2, 0.25) is 0 Å². The first-order valence-corrected chi connectivity index (χ1v) is 6.18. The zero-order valence-corrected chi connectivity index (χ0v) is 11.6. The molecule has 0 N–H and O–H groups in total. The SMILES string of the molecule is C#Cc1cccc(OC)c1OCc1ccc(OC)cc1. The molecular weight excluding hydrogens is 252 g/mol. The molecule has 2 rings (SSSR count). The van der Waals surface area contributed by atoms with E-state index in [1.807, 2.05) is 42.5 Å². The summed E-state index contributed by atoms with van der Waals surface area (Å²) in [5.74, 6) is 4.64. The number of methoxy groups -OCH3 is 2. The van der Waals surface area contributed by atoms with E-state index in [-0.39, 0.29) is 0 Å². The normalized spacial score (nSPS) is 9.65. The summed E-state index contributed by atoms with van der Waals surface area (Å²) in [6.45, 7) is 0.416. The number of rotatable bonds is 5. The Hall–Kier alpha value is -2.60. The van der Waals surface area contributed by atoms with Crippen LogP contribution in [0.1, 0.15) is 11.1 Å². The predicted molar refractivity (Wildman–Crippen MR) is 78.3 cm³/mol. The van der Waals surface area contributed by atoms with Gasteiger partial charge in [-0.3, -0.25) is 0 Å². The van der Waals surface area contributed by atoms with Crippen molar-refractivity contribution in [2.24, 2.45) is 0 Å². The molecule has 102 valence electrons. The van der Waals surface area contributed by atoms with Gasteiger partial charge in [-0.05, 0) is 29.8 Å². The van der Waals surface area contributed by atoms with Crippen molar-refractivity contribution in [3.05, 3.63) is 53.6 Å². The molecule has 0 amide bonds. The van der Waals surface area contributed by atoms with E-state index >= 15 is 0 Å². The Balaban J connectivity index is 2.15. The van der Waals surface area contributed by atoms with Crippen LogP contribution < -0.4 is 14.2 Å². The van der Waals surface area contributed by atoms with Crippen LogP contribution in [-0.2, 0) is 6.61 Å². The van der Waals surface area contributed by atoms with Gasteiger partial charge in [0.25, 0.3) is 0 Å². The lowest BCUT2D eigenvalue weighted by Crippen LogP contribution is -1.99. The van der Waals surface area contributed by atoms with E-state index in [1.54, 1.807) is 14.2 Å². The van der Waals surface area contributed by atoms with Crippen LogP contribution in [-0.4, -0.2) is 14.2 Å². The fourth-order valence-corrected chi connectivity index (χ4v) is 1.82. The zero-order valence-electron chi connectivity index (χ0n) is 11.6. The summed E-state index contributed by atoms with van der Waals surface area (Å²) in [5, 5.41) is 0. The second kappa shape index (κ2) is 6.53. The van der Waals surface area contributed by atoms with Gasteiger partial charge in [0, 0.05) is 0 Å². The van der Waals surface area contributed by atoms with Crippen LogP contribution in [0.2, 0.25) is 0 Å². The molecule has 0 heterocycles. The van der Waals surface area contributed by atoms with Gasteiger partial charge < -0.3 is 14.2 Å². The molecule has 0 aromatic heterocycles. The highest BCUT2D eigenvalue weighted by molar-refractivity contribution is 5.53. The Kier molecular flexibility index (Phi) is 4.52. The Morgan fingerprint density at radius 1 is 1.00 bits per heavy atom. The van der Waals surface area contributed by atoms with Gasteiger partial charge in [0.15, 0.2) is 11.5 Å². The average molecular weight is 268 g/mol. The average Bonchev–Trinajstić information content (AvgIpc) is 2.52. The standard InChI is InChI=1S/C17H16O3/c1-4-14-6-5-7-16(19-3)17(14)20-12-13-8-10-15(18-2)11-9-13/h1,5-11H,12H2,2-3H3. The van der Waals surface area contributed by atoms with Crippen molar-refractivity contribution in [3.8, 4) is 29.6 Å². The minimum atomic E-state index is 0.416. The van der Waals surface area contributed by atoms with Crippen molar-refractivity contribution < 1.29 is 14.2 Å². The number of hydrogen-bond acceptors (Lipinski definition) is 3. The molecule has 0 fully saturated rings. The van der Waals surface area contributed by atoms with Gasteiger partial charge in [0.1, 0.15) is 12.4 Å². The molecule has 20 heavy (non-hydrogen) atoms. The molecule has 0 atom stereocenters. The summed E-state index contributed by atoms with van der Waals surface area (Å²) >= 11 is 0. The number of ether oxygens (including phenoxy) is 3. The lowest BCUT2D eigenvalue weighted by Gasteiger charge is -2.12. The smallest absolute Gasteiger partial charge is 0.177 e. The van der Waals surface area contributed by atoms with Gasteiger partial charge in [0.05, 0.1) is 19.8 Å². The van der Waals surface area contributed by atoms with Crippen LogP contribution in [0.3, 0.4) is 0 Å². The molecule has 2 aromatic rings. The molecule has 0 saturated carbocycles. The van der Waals surface area contributed by atoms with E-state index in [2.05, 4.69) is 5.92 Å². The van der Waals surface area contributed by atoms with E-state index < -0.39 is 0 Å². The minimum absolute atomic E-state index is 0.416. The van der Waals surface area contributed by atoms with Crippen molar-refractivity contribution in [1.82, 2.24) is 0 Å². The predicted octanol–water partition coefficient (Wildman–Crippen LogP) is 3.26. The fraction of sp³-hybridized carbons (Fsp3) is 0.176. The van der Waals surface area contributed by atoms with Crippen LogP contribution in [0.4, 0.5) is 0 Å². The van der Waals surface area contributed by atoms with E-state index in [0.29, 0.717) is 23.7 Å². The Bertz CT molecular complexity index is 609. The molecule has 3 heteroatoms. The number of terminal acetylenes is 1. The molecule has 0 aliphatic heterocycles. The molecule has 0 aliphatic carbocycles. The van der Waals surface area contributed by atoms with Crippen molar-refractivity contribution in [3.63, 3.8) is 0 Å². The maximum absolute atomic E-state index is 5.80. The molecule has 2 aromatic carbocycles. The highest BCUT2D eigenvalue weighted by Gasteiger charge is 2.09. The Morgan fingerprint density at radius 3 is 2.35 bits per heavy atom. The summed E-state index contributed by atoms with van der Waals surface area (Å²) in [6.07, 6.45) is 5.48. The number of benzene rings is 2. The third-order valence-electron chi connectivity index (χ3n) is 2.90. The Morgan fingerprint density at radius 2 is 1.75 bits per heavy atom. The maximum Gasteiger partial charge on any atom is 0.177 e. The van der Waals surface area contributed by atoms with Crippen molar-refractivity contribution in [2.75, 3.05) is 14.2 Å². The monoisotopic (exact) mass is 268 g/mol. The minimum Gasteiger partial charge on any atom is -0.497 e. The van der Waals surface area contributed by atoms with Crippen molar-refractivity contribution >= 4 is 0 Å². The molecule has 3 nitrogen and oxygen atoms in total. The van der Waals surface area contributed by atoms with E-state index in [4.69, 9.17) is 20.6 Å². The van der Waals surface area contributed by atoms with Crippen LogP contribution >= 0.6 is 0 Å². The highest BCUT2D eigenvalue weighted by atomic mass is 16.5. The van der Waals surface area contributed by atoms with Gasteiger partial charge in [-0.2, -0.15) is 0 Å². The van der Waals surface area contributed by atoms with Crippen molar-refractivity contribution in [2.45, 2.75) is 6.61 Å². The summed E-state index contributed by atoms with van der Waals surface area (Å²) in [4.78, 5) is 0. The zero-order chi connectivity index (χ0) is 14.4. The molecule has 0 radical (unpaired) electrons. The first kappa shape index (κ1) is 13.8. The first-order valence-electron chi connectivity index (χ1n) is 6.18. The van der Waals surface area contributed by atoms with Gasteiger partial charge >= 0.3 is 0 Å².